The molecular formula is C16H14N2O5. The van der Waals surface area contributed by atoms with Gasteiger partial charge >= 0.3 is 5.76 Å². The minimum Gasteiger partial charge on any atom is -0.497 e. The van der Waals surface area contributed by atoms with Gasteiger partial charge in [-0.2, -0.15) is 0 Å². The maximum atomic E-state index is 12.4. The molecule has 0 spiro atoms. The van der Waals surface area contributed by atoms with Crippen LogP contribution in [0.1, 0.15) is 10.4 Å². The smallest absolute Gasteiger partial charge is 0.417 e. The van der Waals surface area contributed by atoms with Gasteiger partial charge in [-0.05, 0) is 30.3 Å². The first kappa shape index (κ1) is 14.7. The topological polar surface area (TPSA) is 93.6 Å². The number of oxazole rings is 1. The molecule has 118 valence electrons. The quantitative estimate of drug-likeness (QED) is 0.771. The summed E-state index contributed by atoms with van der Waals surface area (Å²) < 4.78 is 15.2. The van der Waals surface area contributed by atoms with Crippen molar-refractivity contribution in [1.29, 1.82) is 0 Å². The molecule has 0 aliphatic heterocycles. The first-order valence-electron chi connectivity index (χ1n) is 6.76. The van der Waals surface area contributed by atoms with Crippen molar-refractivity contribution < 1.29 is 18.7 Å². The lowest BCUT2D eigenvalue weighted by molar-refractivity contribution is 0.102. The Bertz CT molecular complexity index is 903. The number of carbonyl (C=O) groups is 1. The monoisotopic (exact) mass is 314 g/mol. The molecule has 0 radical (unpaired) electrons. The minimum absolute atomic E-state index is 0.326. The van der Waals surface area contributed by atoms with Crippen molar-refractivity contribution in [2.75, 3.05) is 19.5 Å². The maximum absolute atomic E-state index is 12.4. The van der Waals surface area contributed by atoms with Crippen molar-refractivity contribution in [2.24, 2.45) is 0 Å². The van der Waals surface area contributed by atoms with Crippen LogP contribution < -0.4 is 20.5 Å². The van der Waals surface area contributed by atoms with E-state index in [0.717, 1.165) is 0 Å². The summed E-state index contributed by atoms with van der Waals surface area (Å²) in [5, 5.41) is 2.75. The van der Waals surface area contributed by atoms with Crippen LogP contribution in [0, 0.1) is 0 Å². The molecule has 3 rings (SSSR count). The summed E-state index contributed by atoms with van der Waals surface area (Å²) >= 11 is 0. The lowest BCUT2D eigenvalue weighted by Gasteiger charge is -2.09. The zero-order chi connectivity index (χ0) is 16.4. The Morgan fingerprint density at radius 3 is 2.43 bits per heavy atom. The lowest BCUT2D eigenvalue weighted by atomic mass is 10.1. The van der Waals surface area contributed by atoms with Gasteiger partial charge < -0.3 is 19.2 Å². The zero-order valence-corrected chi connectivity index (χ0v) is 12.5. The summed E-state index contributed by atoms with van der Waals surface area (Å²) in [5.41, 5.74) is 1.86. The minimum atomic E-state index is -0.541. The van der Waals surface area contributed by atoms with Crippen LogP contribution in [-0.2, 0) is 0 Å². The number of aromatic nitrogens is 1. The van der Waals surface area contributed by atoms with Crippen LogP contribution >= 0.6 is 0 Å². The van der Waals surface area contributed by atoms with E-state index in [4.69, 9.17) is 13.9 Å². The molecule has 2 aromatic carbocycles. The molecular weight excluding hydrogens is 300 g/mol. The fourth-order valence-electron chi connectivity index (χ4n) is 2.17. The standard InChI is InChI=1S/C16H14N2O5/c1-21-11-5-9(6-12(8-11)22-2)15(19)17-10-3-4-14-13(7-10)18-16(20)23-14/h3-8H,1-2H3,(H,17,19)(H,18,20). The number of benzene rings is 2. The van der Waals surface area contributed by atoms with Gasteiger partial charge in [0.1, 0.15) is 11.5 Å². The second kappa shape index (κ2) is 5.88. The third kappa shape index (κ3) is 3.03. The Hall–Kier alpha value is -3.22. The van der Waals surface area contributed by atoms with Crippen LogP contribution in [0.25, 0.3) is 11.1 Å². The third-order valence-corrected chi connectivity index (χ3v) is 3.29. The van der Waals surface area contributed by atoms with Crippen LogP contribution in [0.4, 0.5) is 5.69 Å². The molecule has 3 aromatic rings. The number of fused-ring (bicyclic) bond motifs is 1. The molecule has 0 unspecified atom stereocenters. The SMILES string of the molecule is COc1cc(OC)cc(C(=O)Nc2ccc3oc(=O)[nH]c3c2)c1. The highest BCUT2D eigenvalue weighted by molar-refractivity contribution is 6.05. The number of carbonyl (C=O) groups excluding carboxylic acids is 1. The number of amides is 1. The third-order valence-electron chi connectivity index (χ3n) is 3.29. The van der Waals surface area contributed by atoms with E-state index in [1.807, 2.05) is 0 Å². The van der Waals surface area contributed by atoms with E-state index in [1.54, 1.807) is 36.4 Å². The van der Waals surface area contributed by atoms with Gasteiger partial charge in [0.2, 0.25) is 0 Å². The van der Waals surface area contributed by atoms with Gasteiger partial charge in [0, 0.05) is 17.3 Å². The molecule has 7 heteroatoms. The zero-order valence-electron chi connectivity index (χ0n) is 12.5. The number of hydrogen-bond acceptors (Lipinski definition) is 5. The molecule has 0 bridgehead atoms. The van der Waals surface area contributed by atoms with Crippen LogP contribution in [0.15, 0.2) is 45.6 Å². The van der Waals surface area contributed by atoms with Crippen LogP contribution in [0.3, 0.4) is 0 Å². The molecule has 23 heavy (non-hydrogen) atoms. The molecule has 7 nitrogen and oxygen atoms in total. The van der Waals surface area contributed by atoms with E-state index in [0.29, 0.717) is 33.8 Å². The van der Waals surface area contributed by atoms with E-state index in [9.17, 15) is 9.59 Å². The van der Waals surface area contributed by atoms with Gasteiger partial charge in [0.15, 0.2) is 5.58 Å². The summed E-state index contributed by atoms with van der Waals surface area (Å²) in [7, 11) is 3.03. The Kier molecular flexibility index (Phi) is 3.76. The predicted molar refractivity (Wildman–Crippen MR) is 84.3 cm³/mol. The molecule has 1 amide bonds. The van der Waals surface area contributed by atoms with Crippen molar-refractivity contribution in [2.45, 2.75) is 0 Å². The Labute approximate surface area is 130 Å². The first-order chi connectivity index (χ1) is 11.1. The highest BCUT2D eigenvalue weighted by Crippen LogP contribution is 2.23. The second-order valence-corrected chi connectivity index (χ2v) is 4.78. The Morgan fingerprint density at radius 2 is 1.78 bits per heavy atom. The van der Waals surface area contributed by atoms with Gasteiger partial charge in [-0.25, -0.2) is 4.79 Å². The van der Waals surface area contributed by atoms with E-state index < -0.39 is 5.76 Å². The molecule has 2 N–H and O–H groups in total. The van der Waals surface area contributed by atoms with Gasteiger partial charge in [0.05, 0.1) is 19.7 Å². The number of methoxy groups -OCH3 is 2. The summed E-state index contributed by atoms with van der Waals surface area (Å²) in [4.78, 5) is 26.1. The molecule has 1 heterocycles. The Morgan fingerprint density at radius 1 is 1.09 bits per heavy atom. The highest BCUT2D eigenvalue weighted by atomic mass is 16.5. The molecule has 1 aromatic heterocycles. The lowest BCUT2D eigenvalue weighted by Crippen LogP contribution is -2.12. The molecule has 0 aliphatic carbocycles. The van der Waals surface area contributed by atoms with E-state index >= 15 is 0 Å². The molecule has 0 fully saturated rings. The number of ether oxygens (including phenoxy) is 2. The summed E-state index contributed by atoms with van der Waals surface area (Å²) in [6, 6.07) is 9.77. The fourth-order valence-corrected chi connectivity index (χ4v) is 2.17. The Balaban J connectivity index is 1.89. The van der Waals surface area contributed by atoms with Crippen molar-refractivity contribution in [3.05, 3.63) is 52.5 Å². The van der Waals surface area contributed by atoms with Crippen LogP contribution in [-0.4, -0.2) is 25.1 Å². The molecule has 0 atom stereocenters. The van der Waals surface area contributed by atoms with Gasteiger partial charge in [-0.15, -0.1) is 0 Å². The van der Waals surface area contributed by atoms with Crippen molar-refractivity contribution >= 4 is 22.7 Å². The van der Waals surface area contributed by atoms with E-state index in [-0.39, 0.29) is 5.91 Å². The number of hydrogen-bond donors (Lipinski definition) is 2. The predicted octanol–water partition coefficient (Wildman–Crippen LogP) is 2.39. The average molecular weight is 314 g/mol. The number of rotatable bonds is 4. The fraction of sp³-hybridized carbons (Fsp3) is 0.125. The van der Waals surface area contributed by atoms with Crippen LogP contribution in [0.2, 0.25) is 0 Å². The number of anilines is 1. The maximum Gasteiger partial charge on any atom is 0.417 e. The normalized spacial score (nSPS) is 10.5. The summed E-state index contributed by atoms with van der Waals surface area (Å²) in [6.07, 6.45) is 0. The van der Waals surface area contributed by atoms with Crippen molar-refractivity contribution in [3.63, 3.8) is 0 Å². The average Bonchev–Trinajstić information content (AvgIpc) is 2.93. The van der Waals surface area contributed by atoms with Gasteiger partial charge in [0.25, 0.3) is 5.91 Å². The van der Waals surface area contributed by atoms with Crippen LogP contribution in [0.5, 0.6) is 11.5 Å². The molecule has 0 aliphatic rings. The number of aromatic amines is 1. The van der Waals surface area contributed by atoms with Gasteiger partial charge in [-0.3, -0.25) is 9.78 Å². The molecule has 0 saturated heterocycles. The highest BCUT2D eigenvalue weighted by Gasteiger charge is 2.11. The number of nitrogens with one attached hydrogen (secondary N) is 2. The van der Waals surface area contributed by atoms with Gasteiger partial charge in [-0.1, -0.05) is 0 Å². The largest absolute Gasteiger partial charge is 0.497 e. The molecule has 0 saturated carbocycles. The van der Waals surface area contributed by atoms with Crippen molar-refractivity contribution in [1.82, 2.24) is 4.98 Å². The second-order valence-electron chi connectivity index (χ2n) is 4.78. The number of H-pyrrole nitrogens is 1. The van der Waals surface area contributed by atoms with E-state index in [1.165, 1.54) is 14.2 Å². The first-order valence-corrected chi connectivity index (χ1v) is 6.76. The van der Waals surface area contributed by atoms with Crippen molar-refractivity contribution in [3.8, 4) is 11.5 Å². The van der Waals surface area contributed by atoms with E-state index in [2.05, 4.69) is 10.3 Å². The summed E-state index contributed by atoms with van der Waals surface area (Å²) in [6.45, 7) is 0. The summed E-state index contributed by atoms with van der Waals surface area (Å²) in [5.74, 6) is 0.168.